The van der Waals surface area contributed by atoms with Crippen LogP contribution in [-0.4, -0.2) is 82.1 Å². The van der Waals surface area contributed by atoms with Crippen LogP contribution in [0.25, 0.3) is 5.69 Å². The smallest absolute Gasteiger partial charge is 0.257 e. The third-order valence-electron chi connectivity index (χ3n) is 6.30. The van der Waals surface area contributed by atoms with E-state index in [0.717, 1.165) is 37.3 Å². The van der Waals surface area contributed by atoms with Crippen molar-refractivity contribution in [1.82, 2.24) is 24.5 Å². The molecule has 0 unspecified atom stereocenters. The molecule has 8 heteroatoms. The van der Waals surface area contributed by atoms with Gasteiger partial charge in [-0.3, -0.25) is 14.5 Å². The van der Waals surface area contributed by atoms with Crippen LogP contribution in [0.5, 0.6) is 0 Å². The zero-order chi connectivity index (χ0) is 22.0. The van der Waals surface area contributed by atoms with Crippen LogP contribution in [0.15, 0.2) is 24.3 Å². The maximum Gasteiger partial charge on any atom is 0.257 e. The SMILES string of the molecule is Cc1nn(-c2ccc(F)cc2)c(C)c1C(=O)N1CCN(CC(=O)N2CCCCC2)CC1. The fraction of sp³-hybridized carbons (Fsp3) is 0.522. The summed E-state index contributed by atoms with van der Waals surface area (Å²) in [5.74, 6) is -0.143. The van der Waals surface area contributed by atoms with Crippen molar-refractivity contribution >= 4 is 11.8 Å². The first-order valence-corrected chi connectivity index (χ1v) is 11.1. The Kier molecular flexibility index (Phi) is 6.36. The molecule has 2 saturated heterocycles. The topological polar surface area (TPSA) is 61.7 Å². The quantitative estimate of drug-likeness (QED) is 0.752. The molecular weight excluding hydrogens is 397 g/mol. The number of amides is 2. The van der Waals surface area contributed by atoms with E-state index in [4.69, 9.17) is 0 Å². The van der Waals surface area contributed by atoms with Gasteiger partial charge >= 0.3 is 0 Å². The van der Waals surface area contributed by atoms with Crippen molar-refractivity contribution in [3.8, 4) is 5.69 Å². The Morgan fingerprint density at radius 2 is 1.55 bits per heavy atom. The largest absolute Gasteiger partial charge is 0.342 e. The first-order chi connectivity index (χ1) is 14.9. The van der Waals surface area contributed by atoms with Gasteiger partial charge in [0, 0.05) is 39.3 Å². The van der Waals surface area contributed by atoms with Gasteiger partial charge in [-0.2, -0.15) is 5.10 Å². The van der Waals surface area contributed by atoms with Crippen LogP contribution in [-0.2, 0) is 4.79 Å². The van der Waals surface area contributed by atoms with Gasteiger partial charge in [-0.25, -0.2) is 9.07 Å². The number of hydrogen-bond donors (Lipinski definition) is 0. The number of carbonyl (C=O) groups is 2. The molecule has 2 aromatic rings. The Bertz CT molecular complexity index is 942. The lowest BCUT2D eigenvalue weighted by Gasteiger charge is -2.36. The summed E-state index contributed by atoms with van der Waals surface area (Å²) in [5.41, 5.74) is 2.73. The summed E-state index contributed by atoms with van der Waals surface area (Å²) in [6.45, 7) is 8.42. The number of piperazine rings is 1. The molecule has 0 atom stereocenters. The van der Waals surface area contributed by atoms with E-state index < -0.39 is 0 Å². The van der Waals surface area contributed by atoms with E-state index in [9.17, 15) is 14.0 Å². The molecule has 0 spiro atoms. The van der Waals surface area contributed by atoms with Crippen LogP contribution in [0, 0.1) is 19.7 Å². The number of aryl methyl sites for hydroxylation is 1. The summed E-state index contributed by atoms with van der Waals surface area (Å²) < 4.78 is 14.9. The number of carbonyl (C=O) groups excluding carboxylic acids is 2. The number of halogens is 1. The molecular formula is C23H30FN5O2. The predicted octanol–water partition coefficient (Wildman–Crippen LogP) is 2.40. The summed E-state index contributed by atoms with van der Waals surface area (Å²) in [4.78, 5) is 31.7. The number of piperidine rings is 1. The van der Waals surface area contributed by atoms with Crippen molar-refractivity contribution < 1.29 is 14.0 Å². The Hall–Kier alpha value is -2.74. The van der Waals surface area contributed by atoms with Crippen LogP contribution in [0.2, 0.25) is 0 Å². The molecule has 0 radical (unpaired) electrons. The van der Waals surface area contributed by atoms with Crippen molar-refractivity contribution in [2.75, 3.05) is 45.8 Å². The number of benzene rings is 1. The van der Waals surface area contributed by atoms with Gasteiger partial charge in [-0.15, -0.1) is 0 Å². The number of likely N-dealkylation sites (tertiary alicyclic amines) is 1. The normalized spacial score (nSPS) is 17.8. The fourth-order valence-corrected chi connectivity index (χ4v) is 4.49. The number of rotatable bonds is 4. The molecule has 1 aromatic carbocycles. The third-order valence-corrected chi connectivity index (χ3v) is 6.30. The maximum atomic E-state index is 13.3. The molecule has 2 aliphatic heterocycles. The van der Waals surface area contributed by atoms with Gasteiger partial charge in [0.05, 0.1) is 29.2 Å². The van der Waals surface area contributed by atoms with E-state index in [2.05, 4.69) is 10.00 Å². The van der Waals surface area contributed by atoms with Crippen molar-refractivity contribution in [3.05, 3.63) is 47.0 Å². The van der Waals surface area contributed by atoms with Gasteiger partial charge in [0.15, 0.2) is 0 Å². The van der Waals surface area contributed by atoms with Crippen LogP contribution in [0.3, 0.4) is 0 Å². The standard InChI is InChI=1S/C23H30FN5O2/c1-17-22(18(2)29(25-17)20-8-6-19(24)7-9-20)23(31)28-14-12-26(13-15-28)16-21(30)27-10-4-3-5-11-27/h6-9H,3-5,10-16H2,1-2H3. The van der Waals surface area contributed by atoms with E-state index >= 15 is 0 Å². The highest BCUT2D eigenvalue weighted by Gasteiger charge is 2.28. The zero-order valence-electron chi connectivity index (χ0n) is 18.3. The summed E-state index contributed by atoms with van der Waals surface area (Å²) in [6, 6.07) is 6.08. The second-order valence-electron chi connectivity index (χ2n) is 8.44. The molecule has 31 heavy (non-hydrogen) atoms. The Balaban J connectivity index is 1.38. The lowest BCUT2D eigenvalue weighted by molar-refractivity contribution is -0.133. The highest BCUT2D eigenvalue weighted by Crippen LogP contribution is 2.21. The second-order valence-corrected chi connectivity index (χ2v) is 8.44. The molecule has 0 saturated carbocycles. The first-order valence-electron chi connectivity index (χ1n) is 11.1. The molecule has 2 fully saturated rings. The average molecular weight is 428 g/mol. The molecule has 7 nitrogen and oxygen atoms in total. The average Bonchev–Trinajstić information content (AvgIpc) is 3.08. The fourth-order valence-electron chi connectivity index (χ4n) is 4.49. The lowest BCUT2D eigenvalue weighted by Crippen LogP contribution is -2.52. The molecule has 0 N–H and O–H groups in total. The number of nitrogens with zero attached hydrogens (tertiary/aromatic N) is 5. The van der Waals surface area contributed by atoms with Crippen LogP contribution in [0.4, 0.5) is 4.39 Å². The minimum atomic E-state index is -0.307. The van der Waals surface area contributed by atoms with Crippen molar-refractivity contribution in [2.45, 2.75) is 33.1 Å². The number of hydrogen-bond acceptors (Lipinski definition) is 4. The van der Waals surface area contributed by atoms with Crippen LogP contribution >= 0.6 is 0 Å². The Morgan fingerprint density at radius 3 is 2.19 bits per heavy atom. The molecule has 2 amide bonds. The predicted molar refractivity (Wildman–Crippen MR) is 116 cm³/mol. The van der Waals surface area contributed by atoms with E-state index in [-0.39, 0.29) is 17.6 Å². The monoisotopic (exact) mass is 427 g/mol. The molecule has 0 bridgehead atoms. The van der Waals surface area contributed by atoms with Crippen LogP contribution in [0.1, 0.15) is 41.0 Å². The van der Waals surface area contributed by atoms with E-state index in [1.54, 1.807) is 16.8 Å². The molecule has 1 aromatic heterocycles. The van der Waals surface area contributed by atoms with Gasteiger partial charge in [0.2, 0.25) is 5.91 Å². The number of aromatic nitrogens is 2. The van der Waals surface area contributed by atoms with E-state index in [0.29, 0.717) is 44.0 Å². The molecule has 2 aliphatic rings. The van der Waals surface area contributed by atoms with Crippen molar-refractivity contribution in [1.29, 1.82) is 0 Å². The minimum absolute atomic E-state index is 0.0367. The highest BCUT2D eigenvalue weighted by atomic mass is 19.1. The van der Waals surface area contributed by atoms with Gasteiger partial charge < -0.3 is 9.80 Å². The van der Waals surface area contributed by atoms with E-state index in [1.165, 1.54) is 18.6 Å². The van der Waals surface area contributed by atoms with Gasteiger partial charge in [0.1, 0.15) is 5.82 Å². The third kappa shape index (κ3) is 4.63. The van der Waals surface area contributed by atoms with Gasteiger partial charge in [0.25, 0.3) is 5.91 Å². The Labute approximate surface area is 182 Å². The van der Waals surface area contributed by atoms with Gasteiger partial charge in [-0.1, -0.05) is 0 Å². The Morgan fingerprint density at radius 1 is 0.903 bits per heavy atom. The van der Waals surface area contributed by atoms with Crippen LogP contribution < -0.4 is 0 Å². The van der Waals surface area contributed by atoms with Gasteiger partial charge in [-0.05, 0) is 57.4 Å². The minimum Gasteiger partial charge on any atom is -0.342 e. The summed E-state index contributed by atoms with van der Waals surface area (Å²) >= 11 is 0. The maximum absolute atomic E-state index is 13.3. The summed E-state index contributed by atoms with van der Waals surface area (Å²) in [7, 11) is 0. The molecule has 3 heterocycles. The summed E-state index contributed by atoms with van der Waals surface area (Å²) in [5, 5.41) is 4.52. The molecule has 0 aliphatic carbocycles. The highest BCUT2D eigenvalue weighted by molar-refractivity contribution is 5.96. The summed E-state index contributed by atoms with van der Waals surface area (Å²) in [6.07, 6.45) is 3.40. The molecule has 166 valence electrons. The van der Waals surface area contributed by atoms with Crippen molar-refractivity contribution in [3.63, 3.8) is 0 Å². The van der Waals surface area contributed by atoms with Crippen molar-refractivity contribution in [2.24, 2.45) is 0 Å². The first kappa shape index (κ1) is 21.5. The zero-order valence-corrected chi connectivity index (χ0v) is 18.3. The van der Waals surface area contributed by atoms with E-state index in [1.807, 2.05) is 23.6 Å². The molecule has 4 rings (SSSR count). The lowest BCUT2D eigenvalue weighted by atomic mass is 10.1. The second kappa shape index (κ2) is 9.18.